The highest BCUT2D eigenvalue weighted by atomic mass is 16.3. The second kappa shape index (κ2) is 7.57. The molecule has 24 heavy (non-hydrogen) atoms. The molecule has 1 aliphatic rings. The van der Waals surface area contributed by atoms with E-state index in [2.05, 4.69) is 10.2 Å². The molecule has 1 unspecified atom stereocenters. The molecule has 1 aliphatic heterocycles. The Morgan fingerprint density at radius 2 is 2.08 bits per heavy atom. The number of nitrogens with zero attached hydrogens (tertiary/aromatic N) is 4. The van der Waals surface area contributed by atoms with Crippen molar-refractivity contribution in [2.45, 2.75) is 45.2 Å². The summed E-state index contributed by atoms with van der Waals surface area (Å²) in [7, 11) is 0. The Morgan fingerprint density at radius 1 is 1.29 bits per heavy atom. The molecule has 0 bridgehead atoms. The number of carbonyl (C=O) groups excluding carboxylic acids is 1. The average Bonchev–Trinajstić information content (AvgIpc) is 3.11. The Morgan fingerprint density at radius 3 is 2.79 bits per heavy atom. The van der Waals surface area contributed by atoms with Gasteiger partial charge in [-0.1, -0.05) is 12.1 Å². The van der Waals surface area contributed by atoms with Crippen LogP contribution in [-0.4, -0.2) is 49.9 Å². The zero-order valence-corrected chi connectivity index (χ0v) is 14.1. The molecule has 1 amide bonds. The van der Waals surface area contributed by atoms with E-state index >= 15 is 0 Å². The molecule has 0 radical (unpaired) electrons. The smallest absolute Gasteiger partial charge is 0.254 e. The monoisotopic (exact) mass is 328 g/mol. The molecule has 1 aromatic carbocycles. The molecule has 0 aliphatic carbocycles. The first kappa shape index (κ1) is 16.6. The zero-order valence-electron chi connectivity index (χ0n) is 14.1. The lowest BCUT2D eigenvalue weighted by Gasteiger charge is -2.35. The Kier molecular flexibility index (Phi) is 5.25. The first-order valence-corrected chi connectivity index (χ1v) is 8.64. The fraction of sp³-hybridized carbons (Fsp3) is 0.500. The van der Waals surface area contributed by atoms with E-state index in [0.717, 1.165) is 43.7 Å². The summed E-state index contributed by atoms with van der Waals surface area (Å²) in [6.07, 6.45) is 5.50. The highest BCUT2D eigenvalue weighted by Crippen LogP contribution is 2.23. The molecule has 1 atom stereocenters. The van der Waals surface area contributed by atoms with Crippen LogP contribution in [0.4, 0.5) is 0 Å². The van der Waals surface area contributed by atoms with Gasteiger partial charge >= 0.3 is 0 Å². The number of carbonyl (C=O) groups is 1. The molecule has 1 fully saturated rings. The number of hydrogen-bond acceptors (Lipinski definition) is 4. The van der Waals surface area contributed by atoms with Gasteiger partial charge in [0.15, 0.2) is 5.82 Å². The van der Waals surface area contributed by atoms with Crippen LogP contribution in [-0.2, 0) is 6.54 Å². The van der Waals surface area contributed by atoms with Crippen LogP contribution in [0, 0.1) is 0 Å². The fourth-order valence-corrected chi connectivity index (χ4v) is 3.35. The third kappa shape index (κ3) is 3.33. The predicted molar refractivity (Wildman–Crippen MR) is 91.5 cm³/mol. The highest BCUT2D eigenvalue weighted by Gasteiger charge is 2.27. The third-order valence-electron chi connectivity index (χ3n) is 4.70. The minimum atomic E-state index is 0.0525. The van der Waals surface area contributed by atoms with Gasteiger partial charge in [0.2, 0.25) is 0 Å². The van der Waals surface area contributed by atoms with Gasteiger partial charge in [0, 0.05) is 36.9 Å². The second-order valence-electron chi connectivity index (χ2n) is 6.18. The van der Waals surface area contributed by atoms with E-state index in [1.807, 2.05) is 40.7 Å². The van der Waals surface area contributed by atoms with Gasteiger partial charge in [-0.2, -0.15) is 0 Å². The maximum absolute atomic E-state index is 12.8. The van der Waals surface area contributed by atoms with E-state index in [9.17, 15) is 9.90 Å². The van der Waals surface area contributed by atoms with Crippen LogP contribution in [0.2, 0.25) is 0 Å². The van der Waals surface area contributed by atoms with Crippen LogP contribution < -0.4 is 0 Å². The fourth-order valence-electron chi connectivity index (χ4n) is 3.35. The maximum Gasteiger partial charge on any atom is 0.254 e. The van der Waals surface area contributed by atoms with Crippen LogP contribution in [0.5, 0.6) is 0 Å². The number of aryl methyl sites for hydroxylation is 1. The van der Waals surface area contributed by atoms with Gasteiger partial charge in [-0.25, -0.2) is 0 Å². The number of piperidine rings is 1. The lowest BCUT2D eigenvalue weighted by molar-refractivity contribution is 0.0574. The van der Waals surface area contributed by atoms with Gasteiger partial charge in [-0.3, -0.25) is 4.79 Å². The second-order valence-corrected chi connectivity index (χ2v) is 6.18. The molecule has 6 nitrogen and oxygen atoms in total. The summed E-state index contributed by atoms with van der Waals surface area (Å²) in [5.41, 5.74) is 1.64. The highest BCUT2D eigenvalue weighted by molar-refractivity contribution is 5.95. The Labute approximate surface area is 142 Å². The Balaban J connectivity index is 1.78. The van der Waals surface area contributed by atoms with Crippen LogP contribution in [0.15, 0.2) is 30.6 Å². The summed E-state index contributed by atoms with van der Waals surface area (Å²) in [5.74, 6) is 0.865. The zero-order chi connectivity index (χ0) is 16.9. The molecule has 3 rings (SSSR count). The summed E-state index contributed by atoms with van der Waals surface area (Å²) in [6, 6.07) is 7.72. The molecule has 2 aromatic rings. The minimum Gasteiger partial charge on any atom is -0.396 e. The largest absolute Gasteiger partial charge is 0.396 e. The molecular formula is C18H24N4O2. The van der Waals surface area contributed by atoms with Crippen LogP contribution in [0.3, 0.4) is 0 Å². The van der Waals surface area contributed by atoms with Crippen molar-refractivity contribution < 1.29 is 9.90 Å². The third-order valence-corrected chi connectivity index (χ3v) is 4.70. The molecule has 1 N–H and O–H groups in total. The quantitative estimate of drug-likeness (QED) is 0.914. The number of benzene rings is 1. The van der Waals surface area contributed by atoms with Crippen molar-refractivity contribution in [1.29, 1.82) is 0 Å². The van der Waals surface area contributed by atoms with Crippen LogP contribution >= 0.6 is 0 Å². The van der Waals surface area contributed by atoms with Crippen LogP contribution in [0.25, 0.3) is 11.4 Å². The van der Waals surface area contributed by atoms with Crippen molar-refractivity contribution in [2.75, 3.05) is 13.2 Å². The predicted octanol–water partition coefficient (Wildman–Crippen LogP) is 2.34. The first-order valence-electron chi connectivity index (χ1n) is 8.64. The van der Waals surface area contributed by atoms with Crippen molar-refractivity contribution >= 4 is 5.91 Å². The molecule has 128 valence electrons. The van der Waals surface area contributed by atoms with Gasteiger partial charge in [0.05, 0.1) is 0 Å². The standard InChI is InChI=1S/C18H24N4O2/c1-2-21-13-19-20-17(21)14-6-8-15(9-7-14)18(24)22-11-4-3-5-16(22)10-12-23/h6-9,13,16,23H,2-5,10-12H2,1H3. The number of aliphatic hydroxyl groups excluding tert-OH is 1. The number of aromatic nitrogens is 3. The summed E-state index contributed by atoms with van der Waals surface area (Å²) >= 11 is 0. The lowest BCUT2D eigenvalue weighted by Crippen LogP contribution is -2.44. The van der Waals surface area contributed by atoms with Gasteiger partial charge in [-0.05, 0) is 44.7 Å². The molecule has 1 aromatic heterocycles. The summed E-state index contributed by atoms with van der Waals surface area (Å²) in [6.45, 7) is 3.75. The maximum atomic E-state index is 12.8. The normalized spacial score (nSPS) is 17.9. The van der Waals surface area contributed by atoms with Gasteiger partial charge in [0.25, 0.3) is 5.91 Å². The average molecular weight is 328 g/mol. The van der Waals surface area contributed by atoms with Crippen molar-refractivity contribution in [1.82, 2.24) is 19.7 Å². The number of amides is 1. The Bertz CT molecular complexity index is 679. The molecule has 0 spiro atoms. The van der Waals surface area contributed by atoms with E-state index in [0.29, 0.717) is 12.0 Å². The van der Waals surface area contributed by atoms with Gasteiger partial charge in [0.1, 0.15) is 6.33 Å². The van der Waals surface area contributed by atoms with Crippen molar-refractivity contribution in [3.05, 3.63) is 36.2 Å². The molecule has 6 heteroatoms. The van der Waals surface area contributed by atoms with E-state index < -0.39 is 0 Å². The van der Waals surface area contributed by atoms with Crippen molar-refractivity contribution in [3.63, 3.8) is 0 Å². The number of likely N-dealkylation sites (tertiary alicyclic amines) is 1. The number of rotatable bonds is 5. The van der Waals surface area contributed by atoms with Gasteiger partial charge in [-0.15, -0.1) is 10.2 Å². The summed E-state index contributed by atoms with van der Waals surface area (Å²) in [4.78, 5) is 14.7. The first-order chi connectivity index (χ1) is 11.7. The Hall–Kier alpha value is -2.21. The minimum absolute atomic E-state index is 0.0525. The topological polar surface area (TPSA) is 71.2 Å². The lowest BCUT2D eigenvalue weighted by atomic mass is 9.98. The van der Waals surface area contributed by atoms with E-state index in [1.54, 1.807) is 6.33 Å². The molecule has 2 heterocycles. The SMILES string of the molecule is CCn1cnnc1-c1ccc(C(=O)N2CCCCC2CCO)cc1. The summed E-state index contributed by atoms with van der Waals surface area (Å²) in [5, 5.41) is 17.3. The summed E-state index contributed by atoms with van der Waals surface area (Å²) < 4.78 is 1.97. The van der Waals surface area contributed by atoms with Crippen LogP contribution in [0.1, 0.15) is 43.0 Å². The molecule has 0 saturated carbocycles. The van der Waals surface area contributed by atoms with E-state index in [1.165, 1.54) is 0 Å². The van der Waals surface area contributed by atoms with E-state index in [4.69, 9.17) is 0 Å². The van der Waals surface area contributed by atoms with Crippen molar-refractivity contribution in [2.24, 2.45) is 0 Å². The van der Waals surface area contributed by atoms with E-state index in [-0.39, 0.29) is 18.6 Å². The molecular weight excluding hydrogens is 304 g/mol. The number of hydrogen-bond donors (Lipinski definition) is 1. The molecule has 1 saturated heterocycles. The number of aliphatic hydroxyl groups is 1. The van der Waals surface area contributed by atoms with Gasteiger partial charge < -0.3 is 14.6 Å². The van der Waals surface area contributed by atoms with Crippen molar-refractivity contribution in [3.8, 4) is 11.4 Å².